The number of carbonyl (C=O) groups is 2. The van der Waals surface area contributed by atoms with Crippen molar-refractivity contribution in [3.05, 3.63) is 88.7 Å². The molecule has 0 saturated heterocycles. The highest BCUT2D eigenvalue weighted by Gasteiger charge is 2.11. The fraction of sp³-hybridized carbons (Fsp3) is 0.167. The van der Waals surface area contributed by atoms with E-state index in [0.717, 1.165) is 6.07 Å². The van der Waals surface area contributed by atoms with Crippen LogP contribution in [0.1, 0.15) is 15.9 Å². The van der Waals surface area contributed by atoms with E-state index in [9.17, 15) is 14.0 Å². The van der Waals surface area contributed by atoms with Crippen LogP contribution in [0.2, 0.25) is 5.02 Å². The summed E-state index contributed by atoms with van der Waals surface area (Å²) in [5.74, 6) is -0.715. The fourth-order valence-electron chi connectivity index (χ4n) is 2.75. The molecule has 1 N–H and O–H groups in total. The summed E-state index contributed by atoms with van der Waals surface area (Å²) in [5.41, 5.74) is 1.27. The average molecular weight is 458 g/mol. The number of rotatable bonds is 10. The second-order valence-electron chi connectivity index (χ2n) is 6.68. The first kappa shape index (κ1) is 23.2. The Labute approximate surface area is 189 Å². The van der Waals surface area contributed by atoms with Crippen molar-refractivity contribution in [3.63, 3.8) is 0 Å². The van der Waals surface area contributed by atoms with E-state index in [4.69, 9.17) is 25.8 Å². The van der Waals surface area contributed by atoms with Crippen molar-refractivity contribution < 1.29 is 28.2 Å². The molecular formula is C24H21ClFNO5. The van der Waals surface area contributed by atoms with Crippen molar-refractivity contribution in [1.29, 1.82) is 0 Å². The summed E-state index contributed by atoms with van der Waals surface area (Å²) in [6.07, 6.45) is 0. The number of hydrogen-bond donors (Lipinski definition) is 1. The highest BCUT2D eigenvalue weighted by molar-refractivity contribution is 6.30. The van der Waals surface area contributed by atoms with E-state index >= 15 is 0 Å². The van der Waals surface area contributed by atoms with E-state index in [-0.39, 0.29) is 30.4 Å². The summed E-state index contributed by atoms with van der Waals surface area (Å²) < 4.78 is 29.6. The first-order valence-corrected chi connectivity index (χ1v) is 10.1. The third-order valence-electron chi connectivity index (χ3n) is 4.35. The smallest absolute Gasteiger partial charge is 0.262 e. The van der Waals surface area contributed by atoms with E-state index in [1.54, 1.807) is 48.5 Å². The van der Waals surface area contributed by atoms with Gasteiger partial charge in [0, 0.05) is 35.0 Å². The standard InChI is InChI=1S/C24H21ClFNO5/c1-30-12-13-31-22-11-8-19(14-21(22)26)27-23(28)15-32-20-9-4-17(5-10-20)24(29)16-2-6-18(25)7-3-16/h2-11,14H,12-13,15H2,1H3,(H,27,28). The Hall–Kier alpha value is -3.42. The summed E-state index contributed by atoms with van der Waals surface area (Å²) in [5, 5.41) is 3.11. The zero-order valence-corrected chi connectivity index (χ0v) is 18.0. The summed E-state index contributed by atoms with van der Waals surface area (Å²) in [4.78, 5) is 24.6. The number of carbonyl (C=O) groups excluding carboxylic acids is 2. The number of halogens is 2. The number of nitrogens with one attached hydrogen (secondary N) is 1. The minimum atomic E-state index is -0.597. The van der Waals surface area contributed by atoms with E-state index in [0.29, 0.717) is 28.5 Å². The Balaban J connectivity index is 1.51. The summed E-state index contributed by atoms with van der Waals surface area (Å²) >= 11 is 5.84. The van der Waals surface area contributed by atoms with Crippen LogP contribution in [-0.4, -0.2) is 38.6 Å². The lowest BCUT2D eigenvalue weighted by Gasteiger charge is -2.10. The molecule has 0 aliphatic carbocycles. The molecule has 0 heterocycles. The highest BCUT2D eigenvalue weighted by atomic mass is 35.5. The zero-order chi connectivity index (χ0) is 22.9. The van der Waals surface area contributed by atoms with Crippen LogP contribution in [0.25, 0.3) is 0 Å². The zero-order valence-electron chi connectivity index (χ0n) is 17.3. The van der Waals surface area contributed by atoms with Gasteiger partial charge in [-0.1, -0.05) is 11.6 Å². The lowest BCUT2D eigenvalue weighted by atomic mass is 10.0. The minimum Gasteiger partial charge on any atom is -0.488 e. The van der Waals surface area contributed by atoms with Crippen LogP contribution in [0.4, 0.5) is 10.1 Å². The van der Waals surface area contributed by atoms with Crippen LogP contribution in [0.15, 0.2) is 66.7 Å². The molecule has 0 radical (unpaired) electrons. The second kappa shape index (κ2) is 11.3. The molecule has 32 heavy (non-hydrogen) atoms. The van der Waals surface area contributed by atoms with Gasteiger partial charge >= 0.3 is 0 Å². The Kier molecular flexibility index (Phi) is 8.19. The molecule has 0 saturated carbocycles. The van der Waals surface area contributed by atoms with E-state index in [1.807, 2.05) is 0 Å². The maximum absolute atomic E-state index is 14.0. The molecule has 3 aromatic carbocycles. The quantitative estimate of drug-likeness (QED) is 0.351. The van der Waals surface area contributed by atoms with Gasteiger partial charge in [-0.2, -0.15) is 0 Å². The molecule has 0 aromatic heterocycles. The van der Waals surface area contributed by atoms with Crippen LogP contribution >= 0.6 is 11.6 Å². The molecule has 6 nitrogen and oxygen atoms in total. The molecule has 0 unspecified atom stereocenters. The molecule has 0 fully saturated rings. The van der Waals surface area contributed by atoms with Crippen LogP contribution in [0.5, 0.6) is 11.5 Å². The Morgan fingerprint density at radius 2 is 1.56 bits per heavy atom. The number of methoxy groups -OCH3 is 1. The number of anilines is 1. The Morgan fingerprint density at radius 1 is 0.906 bits per heavy atom. The van der Waals surface area contributed by atoms with E-state index < -0.39 is 11.7 Å². The van der Waals surface area contributed by atoms with Crippen molar-refractivity contribution in [1.82, 2.24) is 0 Å². The van der Waals surface area contributed by atoms with Gasteiger partial charge in [-0.25, -0.2) is 4.39 Å². The molecule has 0 bridgehead atoms. The Morgan fingerprint density at radius 3 is 2.19 bits per heavy atom. The van der Waals surface area contributed by atoms with Gasteiger partial charge in [0.05, 0.1) is 6.61 Å². The maximum Gasteiger partial charge on any atom is 0.262 e. The number of amides is 1. The lowest BCUT2D eigenvalue weighted by Crippen LogP contribution is -2.20. The molecular weight excluding hydrogens is 437 g/mol. The van der Waals surface area contributed by atoms with E-state index in [2.05, 4.69) is 5.32 Å². The largest absolute Gasteiger partial charge is 0.488 e. The molecule has 3 aromatic rings. The van der Waals surface area contributed by atoms with Gasteiger partial charge in [0.1, 0.15) is 12.4 Å². The summed E-state index contributed by atoms with van der Waals surface area (Å²) in [6, 6.07) is 17.2. The lowest BCUT2D eigenvalue weighted by molar-refractivity contribution is -0.118. The fourth-order valence-corrected chi connectivity index (χ4v) is 2.87. The number of ether oxygens (including phenoxy) is 3. The first-order valence-electron chi connectivity index (χ1n) is 9.70. The normalized spacial score (nSPS) is 10.5. The predicted octanol–water partition coefficient (Wildman–Crippen LogP) is 4.75. The first-order chi connectivity index (χ1) is 15.5. The molecule has 8 heteroatoms. The highest BCUT2D eigenvalue weighted by Crippen LogP contribution is 2.21. The number of benzene rings is 3. The van der Waals surface area contributed by atoms with Gasteiger partial charge in [-0.05, 0) is 60.7 Å². The SMILES string of the molecule is COCCOc1ccc(NC(=O)COc2ccc(C(=O)c3ccc(Cl)cc3)cc2)cc1F. The molecule has 0 aliphatic rings. The van der Waals surface area contributed by atoms with Gasteiger partial charge in [0.2, 0.25) is 0 Å². The minimum absolute atomic E-state index is 0.0736. The molecule has 0 aliphatic heterocycles. The van der Waals surface area contributed by atoms with Gasteiger partial charge in [-0.15, -0.1) is 0 Å². The van der Waals surface area contributed by atoms with Gasteiger partial charge in [0.25, 0.3) is 5.91 Å². The van der Waals surface area contributed by atoms with Gasteiger partial charge in [-0.3, -0.25) is 9.59 Å². The number of ketones is 1. The van der Waals surface area contributed by atoms with Crippen molar-refractivity contribution >= 4 is 29.0 Å². The summed E-state index contributed by atoms with van der Waals surface area (Å²) in [6.45, 7) is 0.279. The van der Waals surface area contributed by atoms with Crippen molar-refractivity contribution in [2.75, 3.05) is 32.2 Å². The number of hydrogen-bond acceptors (Lipinski definition) is 5. The van der Waals surface area contributed by atoms with Crippen LogP contribution in [0, 0.1) is 5.82 Å². The monoisotopic (exact) mass is 457 g/mol. The molecule has 0 atom stereocenters. The third kappa shape index (κ3) is 6.54. The third-order valence-corrected chi connectivity index (χ3v) is 4.61. The Bertz CT molecular complexity index is 1070. The molecule has 3 rings (SSSR count). The maximum atomic E-state index is 14.0. The topological polar surface area (TPSA) is 73.9 Å². The van der Waals surface area contributed by atoms with Crippen molar-refractivity contribution in [3.8, 4) is 11.5 Å². The van der Waals surface area contributed by atoms with E-state index in [1.165, 1.54) is 19.2 Å². The van der Waals surface area contributed by atoms with Gasteiger partial charge in [0.15, 0.2) is 24.0 Å². The van der Waals surface area contributed by atoms with Crippen molar-refractivity contribution in [2.45, 2.75) is 0 Å². The molecule has 166 valence electrons. The molecule has 0 spiro atoms. The second-order valence-corrected chi connectivity index (χ2v) is 7.12. The van der Waals surface area contributed by atoms with Crippen molar-refractivity contribution in [2.24, 2.45) is 0 Å². The van der Waals surface area contributed by atoms with Crippen LogP contribution in [-0.2, 0) is 9.53 Å². The van der Waals surface area contributed by atoms with Crippen LogP contribution < -0.4 is 14.8 Å². The van der Waals surface area contributed by atoms with Gasteiger partial charge < -0.3 is 19.5 Å². The molecule has 1 amide bonds. The summed E-state index contributed by atoms with van der Waals surface area (Å²) in [7, 11) is 1.52. The van der Waals surface area contributed by atoms with Crippen LogP contribution in [0.3, 0.4) is 0 Å². The average Bonchev–Trinajstić information content (AvgIpc) is 2.80. The predicted molar refractivity (Wildman–Crippen MR) is 119 cm³/mol.